The van der Waals surface area contributed by atoms with Gasteiger partial charge >= 0.3 is 0 Å². The summed E-state index contributed by atoms with van der Waals surface area (Å²) in [6.07, 6.45) is 11.6. The lowest BCUT2D eigenvalue weighted by Gasteiger charge is -2.59. The summed E-state index contributed by atoms with van der Waals surface area (Å²) < 4.78 is 0. The molecule has 0 aromatic heterocycles. The fourth-order valence-corrected chi connectivity index (χ4v) is 7.38. The van der Waals surface area contributed by atoms with E-state index in [2.05, 4.69) is 19.0 Å². The lowest BCUT2D eigenvalue weighted by molar-refractivity contribution is -0.137. The molecule has 0 aromatic rings. The van der Waals surface area contributed by atoms with Crippen LogP contribution in [0.4, 0.5) is 0 Å². The molecule has 0 amide bonds. The van der Waals surface area contributed by atoms with E-state index in [4.69, 9.17) is 16.0 Å². The summed E-state index contributed by atoms with van der Waals surface area (Å²) in [5.74, 6) is 3.65. The molecule has 5 heteroatoms. The molecule has 4 aliphatic rings. The van der Waals surface area contributed by atoms with Crippen LogP contribution >= 0.6 is 0 Å². The molecule has 156 valence electrons. The monoisotopic (exact) mass is 387 g/mol. The third kappa shape index (κ3) is 3.29. The van der Waals surface area contributed by atoms with E-state index in [1.807, 2.05) is 0 Å². The van der Waals surface area contributed by atoms with Crippen LogP contribution in [0.25, 0.3) is 0 Å². The van der Waals surface area contributed by atoms with Crippen molar-refractivity contribution in [1.29, 1.82) is 5.41 Å². The Morgan fingerprint density at radius 2 is 2.00 bits per heavy atom. The number of nitrogens with two attached hydrogens (primary N) is 1. The third-order valence-electron chi connectivity index (χ3n) is 9.08. The minimum Gasteiger partial charge on any atom is -0.396 e. The first-order valence-corrected chi connectivity index (χ1v) is 11.4. The van der Waals surface area contributed by atoms with Gasteiger partial charge < -0.3 is 10.6 Å². The minimum absolute atomic E-state index is 0.0145. The van der Waals surface area contributed by atoms with Crippen LogP contribution in [0, 0.1) is 39.9 Å². The fraction of sp³-hybridized carbons (Fsp3) is 0.870. The number of rotatable bonds is 5. The molecule has 4 aliphatic carbocycles. The quantitative estimate of drug-likeness (QED) is 0.310. The molecule has 0 radical (unpaired) electrons. The second-order valence-electron chi connectivity index (χ2n) is 10.4. The first-order chi connectivity index (χ1) is 13.3. The molecule has 0 saturated heterocycles. The summed E-state index contributed by atoms with van der Waals surface area (Å²) in [6, 6.07) is 0. The highest BCUT2D eigenvalue weighted by Crippen LogP contribution is 2.65. The predicted molar refractivity (Wildman–Crippen MR) is 111 cm³/mol. The molecule has 6 atom stereocenters. The molecule has 4 fully saturated rings. The number of carbonyl (C=O) groups is 1. The van der Waals surface area contributed by atoms with Crippen LogP contribution in [0.2, 0.25) is 0 Å². The van der Waals surface area contributed by atoms with Gasteiger partial charge in [0.2, 0.25) is 0 Å². The number of fused-ring (bicyclic) bond motifs is 5. The Labute approximate surface area is 169 Å². The first kappa shape index (κ1) is 19.9. The Balaban J connectivity index is 1.39. The molecule has 3 N–H and O–H groups in total. The number of nitrogens with one attached hydrogen (secondary N) is 1. The Morgan fingerprint density at radius 3 is 2.79 bits per heavy atom. The summed E-state index contributed by atoms with van der Waals surface area (Å²) in [5.41, 5.74) is 6.99. The SMILES string of the molecule is C[C@]12CCC(=NOCCCC(=N)N)CC1CCC1C2CC[C@]2(C)C(=O)CCC12. The van der Waals surface area contributed by atoms with Crippen LogP contribution in [0.15, 0.2) is 5.16 Å². The second-order valence-corrected chi connectivity index (χ2v) is 10.4. The zero-order valence-electron chi connectivity index (χ0n) is 17.6. The average molecular weight is 388 g/mol. The molecule has 0 heterocycles. The van der Waals surface area contributed by atoms with Crippen molar-refractivity contribution in [3.8, 4) is 0 Å². The molecule has 5 nitrogen and oxygen atoms in total. The highest BCUT2D eigenvalue weighted by atomic mass is 16.6. The van der Waals surface area contributed by atoms with Gasteiger partial charge in [0.25, 0.3) is 0 Å². The number of hydrogen-bond acceptors (Lipinski definition) is 4. The average Bonchev–Trinajstić information content (AvgIpc) is 2.96. The number of nitrogens with zero attached hydrogens (tertiary/aromatic N) is 1. The summed E-state index contributed by atoms with van der Waals surface area (Å²) in [4.78, 5) is 18.1. The number of carbonyl (C=O) groups excluding carboxylic acids is 1. The highest BCUT2D eigenvalue weighted by Gasteiger charge is 2.60. The number of oxime groups is 1. The third-order valence-corrected chi connectivity index (χ3v) is 9.08. The molecular weight excluding hydrogens is 350 g/mol. The molecule has 4 saturated carbocycles. The van der Waals surface area contributed by atoms with Crippen LogP contribution in [0.5, 0.6) is 0 Å². The van der Waals surface area contributed by atoms with E-state index < -0.39 is 0 Å². The van der Waals surface area contributed by atoms with Gasteiger partial charge in [-0.15, -0.1) is 0 Å². The van der Waals surface area contributed by atoms with Gasteiger partial charge in [-0.05, 0) is 86.9 Å². The van der Waals surface area contributed by atoms with Gasteiger partial charge in [0.15, 0.2) is 0 Å². The summed E-state index contributed by atoms with van der Waals surface area (Å²) in [6.45, 7) is 5.36. The van der Waals surface area contributed by atoms with E-state index >= 15 is 0 Å². The van der Waals surface area contributed by atoms with E-state index in [1.54, 1.807) is 0 Å². The lowest BCUT2D eigenvalue weighted by Crippen LogP contribution is -2.53. The summed E-state index contributed by atoms with van der Waals surface area (Å²) >= 11 is 0. The van der Waals surface area contributed by atoms with E-state index in [9.17, 15) is 4.79 Å². The van der Waals surface area contributed by atoms with E-state index in [1.165, 1.54) is 31.4 Å². The summed E-state index contributed by atoms with van der Waals surface area (Å²) in [7, 11) is 0. The van der Waals surface area contributed by atoms with Gasteiger partial charge in [0.05, 0.1) is 11.5 Å². The van der Waals surface area contributed by atoms with Gasteiger partial charge in [0, 0.05) is 18.3 Å². The molecule has 0 bridgehead atoms. The van der Waals surface area contributed by atoms with Crippen molar-refractivity contribution in [1.82, 2.24) is 0 Å². The topological polar surface area (TPSA) is 88.5 Å². The molecule has 4 rings (SSSR count). The zero-order chi connectivity index (χ0) is 19.9. The van der Waals surface area contributed by atoms with Crippen molar-refractivity contribution < 1.29 is 9.63 Å². The standard InChI is InChI=1S/C23H37N3O2/c1-22-11-9-16(26-28-13-3-4-21(24)25)14-15(22)5-6-17-18-7-8-20(27)23(18,2)12-10-19(17)22/h15,17-19H,3-14H2,1-2H3,(H3,24,25)/t15?,17?,18?,19?,22-,23-/m0/s1. The maximum atomic E-state index is 12.5. The zero-order valence-corrected chi connectivity index (χ0v) is 17.6. The number of hydrogen-bond donors (Lipinski definition) is 2. The van der Waals surface area contributed by atoms with E-state index in [-0.39, 0.29) is 11.3 Å². The van der Waals surface area contributed by atoms with Crippen molar-refractivity contribution in [2.24, 2.45) is 45.4 Å². The second kappa shape index (κ2) is 7.46. The predicted octanol–water partition coefficient (Wildman–Crippen LogP) is 4.69. The van der Waals surface area contributed by atoms with Gasteiger partial charge in [-0.25, -0.2) is 0 Å². The molecule has 0 aromatic carbocycles. The van der Waals surface area contributed by atoms with E-state index in [0.717, 1.165) is 50.4 Å². The minimum atomic E-state index is -0.0145. The largest absolute Gasteiger partial charge is 0.396 e. The van der Waals surface area contributed by atoms with Crippen LogP contribution in [0.1, 0.15) is 84.5 Å². The van der Waals surface area contributed by atoms with Crippen LogP contribution in [-0.2, 0) is 9.63 Å². The number of ketones is 1. The maximum Gasteiger partial charge on any atom is 0.139 e. The number of amidine groups is 1. The fourth-order valence-electron chi connectivity index (χ4n) is 7.38. The van der Waals surface area contributed by atoms with Crippen molar-refractivity contribution in [3.63, 3.8) is 0 Å². The molecule has 0 spiro atoms. The van der Waals surface area contributed by atoms with Crippen molar-refractivity contribution in [2.75, 3.05) is 6.61 Å². The molecule has 0 aliphatic heterocycles. The summed E-state index contributed by atoms with van der Waals surface area (Å²) in [5, 5.41) is 11.7. The van der Waals surface area contributed by atoms with Gasteiger partial charge in [-0.3, -0.25) is 10.2 Å². The van der Waals surface area contributed by atoms with Crippen LogP contribution in [0.3, 0.4) is 0 Å². The molecular formula is C23H37N3O2. The normalized spacial score (nSPS) is 43.9. The Hall–Kier alpha value is -1.39. The number of Topliss-reactive ketones (excluding diaryl/α,β-unsaturated/α-hetero) is 1. The Morgan fingerprint density at radius 1 is 1.18 bits per heavy atom. The lowest BCUT2D eigenvalue weighted by atomic mass is 9.45. The van der Waals surface area contributed by atoms with Crippen molar-refractivity contribution >= 4 is 17.3 Å². The van der Waals surface area contributed by atoms with Crippen LogP contribution < -0.4 is 5.73 Å². The van der Waals surface area contributed by atoms with Crippen molar-refractivity contribution in [2.45, 2.75) is 84.5 Å². The Kier molecular flexibility index (Phi) is 5.30. The highest BCUT2D eigenvalue weighted by molar-refractivity contribution is 5.87. The van der Waals surface area contributed by atoms with Crippen LogP contribution in [-0.4, -0.2) is 23.9 Å². The smallest absolute Gasteiger partial charge is 0.139 e. The van der Waals surface area contributed by atoms with Crippen molar-refractivity contribution in [3.05, 3.63) is 0 Å². The van der Waals surface area contributed by atoms with Gasteiger partial charge in [-0.1, -0.05) is 19.0 Å². The van der Waals surface area contributed by atoms with Gasteiger partial charge in [-0.2, -0.15) is 0 Å². The van der Waals surface area contributed by atoms with E-state index in [0.29, 0.717) is 36.1 Å². The molecule has 4 unspecified atom stereocenters. The first-order valence-electron chi connectivity index (χ1n) is 11.4. The Bertz CT molecular complexity index is 675. The van der Waals surface area contributed by atoms with Gasteiger partial charge in [0.1, 0.15) is 12.4 Å². The molecule has 28 heavy (non-hydrogen) atoms. The maximum absolute atomic E-state index is 12.5.